The van der Waals surface area contributed by atoms with Crippen LogP contribution in [-0.2, 0) is 9.59 Å². The van der Waals surface area contributed by atoms with Crippen LogP contribution in [0.25, 0.3) is 22.1 Å². The van der Waals surface area contributed by atoms with Gasteiger partial charge in [0.1, 0.15) is 17.0 Å². The number of aryl methyl sites for hydroxylation is 1. The summed E-state index contributed by atoms with van der Waals surface area (Å²) in [5, 5.41) is 1.09. The number of aliphatic imine (C=N–C) groups is 1. The van der Waals surface area contributed by atoms with E-state index in [9.17, 15) is 9.59 Å². The Hall–Kier alpha value is -3.41. The molecule has 2 amide bonds. The molecule has 0 N–H and O–H groups in total. The zero-order valence-corrected chi connectivity index (χ0v) is 20.0. The van der Waals surface area contributed by atoms with Crippen molar-refractivity contribution in [2.75, 3.05) is 19.6 Å². The molecule has 35 heavy (non-hydrogen) atoms. The second-order valence-electron chi connectivity index (χ2n) is 10.8. The molecule has 2 aliphatic heterocycles. The van der Waals surface area contributed by atoms with Crippen LogP contribution in [0.3, 0.4) is 0 Å². The van der Waals surface area contributed by atoms with E-state index in [-0.39, 0.29) is 11.8 Å². The highest BCUT2D eigenvalue weighted by Gasteiger charge is 2.57. The lowest BCUT2D eigenvalue weighted by molar-refractivity contribution is -0.131. The predicted molar refractivity (Wildman–Crippen MR) is 134 cm³/mol. The Kier molecular flexibility index (Phi) is 4.51. The summed E-state index contributed by atoms with van der Waals surface area (Å²) in [6.45, 7) is 4.32. The Labute approximate surface area is 204 Å². The molecule has 2 aromatic carbocycles. The van der Waals surface area contributed by atoms with E-state index in [1.807, 2.05) is 21.9 Å². The van der Waals surface area contributed by atoms with Gasteiger partial charge in [-0.2, -0.15) is 0 Å². The summed E-state index contributed by atoms with van der Waals surface area (Å²) in [6.07, 6.45) is 6.42. The zero-order valence-electron chi connectivity index (χ0n) is 20.0. The van der Waals surface area contributed by atoms with Crippen molar-refractivity contribution >= 4 is 28.6 Å². The first-order valence-corrected chi connectivity index (χ1v) is 12.8. The lowest BCUT2D eigenvalue weighted by Gasteiger charge is -2.24. The van der Waals surface area contributed by atoms with Crippen LogP contribution in [0.15, 0.2) is 58.1 Å². The molecule has 1 atom stereocenters. The molecule has 0 radical (unpaired) electrons. The monoisotopic (exact) mass is 467 g/mol. The zero-order chi connectivity index (χ0) is 23.7. The summed E-state index contributed by atoms with van der Waals surface area (Å²) in [7, 11) is 0. The molecule has 4 aliphatic rings. The highest BCUT2D eigenvalue weighted by atomic mass is 16.3. The summed E-state index contributed by atoms with van der Waals surface area (Å²) >= 11 is 0. The molecule has 6 heteroatoms. The summed E-state index contributed by atoms with van der Waals surface area (Å²) in [4.78, 5) is 34.9. The van der Waals surface area contributed by atoms with Crippen LogP contribution < -0.4 is 0 Å². The van der Waals surface area contributed by atoms with Crippen molar-refractivity contribution in [1.29, 1.82) is 0 Å². The van der Waals surface area contributed by atoms with E-state index in [1.54, 1.807) is 6.26 Å². The molecule has 1 saturated heterocycles. The van der Waals surface area contributed by atoms with Crippen LogP contribution in [0.4, 0.5) is 0 Å². The number of hydrogen-bond acceptors (Lipinski definition) is 4. The van der Waals surface area contributed by atoms with Gasteiger partial charge in [-0.05, 0) is 79.8 Å². The van der Waals surface area contributed by atoms with Crippen LogP contribution in [0.2, 0.25) is 0 Å². The Morgan fingerprint density at radius 2 is 1.89 bits per heavy atom. The first-order chi connectivity index (χ1) is 17.0. The van der Waals surface area contributed by atoms with E-state index in [4.69, 9.17) is 9.41 Å². The van der Waals surface area contributed by atoms with Gasteiger partial charge in [0.2, 0.25) is 5.91 Å². The first kappa shape index (κ1) is 20.9. The van der Waals surface area contributed by atoms with E-state index in [2.05, 4.69) is 37.3 Å². The average Bonchev–Trinajstić information content (AvgIpc) is 3.74. The van der Waals surface area contributed by atoms with Gasteiger partial charge in [-0.25, -0.2) is 0 Å². The number of amidine groups is 1. The Bertz CT molecular complexity index is 1400. The minimum Gasteiger partial charge on any atom is -0.464 e. The molecule has 3 heterocycles. The van der Waals surface area contributed by atoms with E-state index in [0.717, 1.165) is 84.3 Å². The molecular weight excluding hydrogens is 438 g/mol. The quantitative estimate of drug-likeness (QED) is 0.542. The third kappa shape index (κ3) is 3.49. The molecule has 7 rings (SSSR count). The number of fused-ring (bicyclic) bond motifs is 1. The largest absolute Gasteiger partial charge is 0.464 e. The topological polar surface area (TPSA) is 66.1 Å². The van der Waals surface area contributed by atoms with Crippen molar-refractivity contribution < 1.29 is 14.0 Å². The SMILES string of the molecule is Cc1cc(-c2ccc3occc3c2)ccc1C1=NC2(CC2)C(=O)N1CC1CCN(C(=O)C2CC2)C1. The fourth-order valence-electron chi connectivity index (χ4n) is 5.75. The molecule has 1 unspecified atom stereocenters. The number of amides is 2. The van der Waals surface area contributed by atoms with Crippen LogP contribution in [0, 0.1) is 18.8 Å². The van der Waals surface area contributed by atoms with Gasteiger partial charge in [-0.15, -0.1) is 0 Å². The predicted octanol–water partition coefficient (Wildman–Crippen LogP) is 4.79. The highest BCUT2D eigenvalue weighted by Crippen LogP contribution is 2.46. The lowest BCUT2D eigenvalue weighted by atomic mass is 9.98. The minimum atomic E-state index is -0.533. The van der Waals surface area contributed by atoms with E-state index in [1.165, 1.54) is 0 Å². The van der Waals surface area contributed by atoms with Gasteiger partial charge in [0, 0.05) is 36.5 Å². The second kappa shape index (κ2) is 7.54. The fourth-order valence-corrected chi connectivity index (χ4v) is 5.75. The van der Waals surface area contributed by atoms with Gasteiger partial charge in [-0.1, -0.05) is 24.3 Å². The molecule has 2 saturated carbocycles. The standard InChI is InChI=1S/C29H29N3O3/c1-18-14-21(22-5-7-25-23(15-22)9-13-35-25)4-6-24(18)26-30-29(10-11-29)28(34)32(26)17-19-8-12-31(16-19)27(33)20-2-3-20/h4-7,9,13-15,19-20H,2-3,8,10-12,16-17H2,1H3. The van der Waals surface area contributed by atoms with Crippen molar-refractivity contribution in [3.8, 4) is 11.1 Å². The minimum absolute atomic E-state index is 0.147. The smallest absolute Gasteiger partial charge is 0.256 e. The molecule has 0 bridgehead atoms. The molecule has 1 aromatic heterocycles. The van der Waals surface area contributed by atoms with Crippen LogP contribution in [0.1, 0.15) is 43.2 Å². The third-order valence-corrected chi connectivity index (χ3v) is 8.16. The van der Waals surface area contributed by atoms with E-state index >= 15 is 0 Å². The molecule has 3 aromatic rings. The van der Waals surface area contributed by atoms with Gasteiger partial charge >= 0.3 is 0 Å². The van der Waals surface area contributed by atoms with Gasteiger partial charge in [-0.3, -0.25) is 19.5 Å². The summed E-state index contributed by atoms with van der Waals surface area (Å²) in [5.74, 6) is 1.83. The lowest BCUT2D eigenvalue weighted by Crippen LogP contribution is -2.41. The van der Waals surface area contributed by atoms with Crippen LogP contribution in [0.5, 0.6) is 0 Å². The molecule has 178 valence electrons. The fraction of sp³-hybridized carbons (Fsp3) is 0.414. The number of hydrogen-bond donors (Lipinski definition) is 0. The number of rotatable bonds is 5. The van der Waals surface area contributed by atoms with Gasteiger partial charge in [0.25, 0.3) is 5.91 Å². The number of carbonyl (C=O) groups excluding carboxylic acids is 2. The Morgan fingerprint density at radius 3 is 2.66 bits per heavy atom. The Balaban J connectivity index is 1.15. The number of nitrogens with zero attached hydrogens (tertiary/aromatic N) is 3. The average molecular weight is 468 g/mol. The van der Waals surface area contributed by atoms with Crippen molar-refractivity contribution in [1.82, 2.24) is 9.80 Å². The van der Waals surface area contributed by atoms with Crippen LogP contribution in [-0.4, -0.2) is 52.6 Å². The summed E-state index contributed by atoms with van der Waals surface area (Å²) in [5.41, 5.74) is 4.77. The number of carbonyl (C=O) groups is 2. The molecule has 2 aliphatic carbocycles. The number of benzene rings is 2. The van der Waals surface area contributed by atoms with Gasteiger partial charge in [0.15, 0.2) is 0 Å². The molecular formula is C29H29N3O3. The number of likely N-dealkylation sites (tertiary alicyclic amines) is 1. The van der Waals surface area contributed by atoms with Crippen molar-refractivity contribution in [3.05, 3.63) is 59.9 Å². The summed E-state index contributed by atoms with van der Waals surface area (Å²) in [6, 6.07) is 14.6. The molecule has 1 spiro atoms. The van der Waals surface area contributed by atoms with Gasteiger partial charge in [0.05, 0.1) is 6.26 Å². The maximum atomic E-state index is 13.4. The molecule has 6 nitrogen and oxygen atoms in total. The normalized spacial score (nSPS) is 22.9. The van der Waals surface area contributed by atoms with Crippen molar-refractivity contribution in [3.63, 3.8) is 0 Å². The van der Waals surface area contributed by atoms with Crippen molar-refractivity contribution in [2.45, 2.75) is 44.6 Å². The summed E-state index contributed by atoms with van der Waals surface area (Å²) < 4.78 is 5.48. The second-order valence-corrected chi connectivity index (χ2v) is 10.8. The van der Waals surface area contributed by atoms with Gasteiger partial charge < -0.3 is 9.32 Å². The number of furan rings is 1. The highest BCUT2D eigenvalue weighted by molar-refractivity contribution is 6.17. The Morgan fingerprint density at radius 1 is 1.09 bits per heavy atom. The van der Waals surface area contributed by atoms with Crippen molar-refractivity contribution in [2.24, 2.45) is 16.8 Å². The molecule has 3 fully saturated rings. The van der Waals surface area contributed by atoms with E-state index < -0.39 is 5.54 Å². The maximum absolute atomic E-state index is 13.4. The maximum Gasteiger partial charge on any atom is 0.256 e. The van der Waals surface area contributed by atoms with E-state index in [0.29, 0.717) is 18.4 Å². The first-order valence-electron chi connectivity index (χ1n) is 12.8. The third-order valence-electron chi connectivity index (χ3n) is 8.16. The van der Waals surface area contributed by atoms with Crippen LogP contribution >= 0.6 is 0 Å².